The predicted octanol–water partition coefficient (Wildman–Crippen LogP) is 5.12. The van der Waals surface area contributed by atoms with E-state index in [1.54, 1.807) is 0 Å². The van der Waals surface area contributed by atoms with Gasteiger partial charge in [-0.05, 0) is 37.0 Å². The lowest BCUT2D eigenvalue weighted by atomic mass is 10.0. The number of carbonyl (C=O) groups excluding carboxylic acids is 1. The van der Waals surface area contributed by atoms with E-state index < -0.39 is 17.7 Å². The fourth-order valence-corrected chi connectivity index (χ4v) is 5.37. The molecule has 4 aromatic rings. The summed E-state index contributed by atoms with van der Waals surface area (Å²) in [6.45, 7) is 0.620. The lowest BCUT2D eigenvalue weighted by Crippen LogP contribution is -2.36. The molecular weight excluding hydrogens is 493 g/mol. The van der Waals surface area contributed by atoms with Crippen LogP contribution in [0.15, 0.2) is 59.4 Å². The topological polar surface area (TPSA) is 88.2 Å². The molecule has 0 bridgehead atoms. The molecule has 1 N–H and O–H groups in total. The minimum absolute atomic E-state index is 0.00101. The summed E-state index contributed by atoms with van der Waals surface area (Å²) in [7, 11) is 0. The number of aryl methyl sites for hydroxylation is 1. The molecule has 2 aromatic heterocycles. The molecule has 2 aromatic carbocycles. The van der Waals surface area contributed by atoms with Gasteiger partial charge in [-0.15, -0.1) is 13.2 Å². The summed E-state index contributed by atoms with van der Waals surface area (Å²) in [5.74, 6) is -0.420. The van der Waals surface area contributed by atoms with Crippen molar-refractivity contribution < 1.29 is 22.7 Å². The fourth-order valence-electron chi connectivity index (χ4n) is 4.36. The molecule has 1 saturated heterocycles. The van der Waals surface area contributed by atoms with Gasteiger partial charge >= 0.3 is 6.36 Å². The van der Waals surface area contributed by atoms with E-state index >= 15 is 0 Å². The molecule has 5 rings (SSSR count). The van der Waals surface area contributed by atoms with Crippen molar-refractivity contribution in [2.75, 3.05) is 11.4 Å². The number of nitrogens with zero attached hydrogens (tertiary/aromatic N) is 3. The van der Waals surface area contributed by atoms with E-state index in [1.807, 2.05) is 35.2 Å². The number of anilines is 1. The number of carbonyl (C=O) groups is 1. The minimum Gasteiger partial charge on any atom is -0.405 e. The van der Waals surface area contributed by atoms with Crippen LogP contribution >= 0.6 is 11.3 Å². The molecule has 186 valence electrons. The number of aromatic amines is 1. The number of nitrogens with one attached hydrogen (secondary N) is 1. The maximum absolute atomic E-state index is 13.0. The zero-order chi connectivity index (χ0) is 25.3. The Bertz CT molecular complexity index is 1450. The van der Waals surface area contributed by atoms with Crippen molar-refractivity contribution in [1.82, 2.24) is 15.0 Å². The van der Waals surface area contributed by atoms with Crippen LogP contribution in [0, 0.1) is 0 Å². The molecule has 1 aliphatic rings. The second kappa shape index (κ2) is 9.73. The van der Waals surface area contributed by atoms with Crippen molar-refractivity contribution in [2.45, 2.75) is 38.1 Å². The molecule has 0 radical (unpaired) electrons. The first-order valence-corrected chi connectivity index (χ1v) is 12.2. The van der Waals surface area contributed by atoms with Crippen LogP contribution in [0.1, 0.15) is 24.8 Å². The number of aromatic nitrogens is 3. The Balaban J connectivity index is 1.42. The highest BCUT2D eigenvalue weighted by atomic mass is 32.1. The first kappa shape index (κ1) is 24.0. The molecule has 0 amide bonds. The molecule has 7 nitrogen and oxygen atoms in total. The fraction of sp³-hybridized carbons (Fsp3) is 0.280. The Morgan fingerprint density at radius 1 is 1.11 bits per heavy atom. The van der Waals surface area contributed by atoms with Crippen LogP contribution in [-0.2, 0) is 11.2 Å². The van der Waals surface area contributed by atoms with E-state index in [2.05, 4.69) is 19.7 Å². The smallest absolute Gasteiger partial charge is 0.405 e. The first-order valence-electron chi connectivity index (χ1n) is 11.4. The Morgan fingerprint density at radius 3 is 2.64 bits per heavy atom. The van der Waals surface area contributed by atoms with E-state index in [0.717, 1.165) is 29.4 Å². The summed E-state index contributed by atoms with van der Waals surface area (Å²) in [5.41, 5.74) is 0.591. The Hall–Kier alpha value is -3.73. The number of H-pyrrole nitrogens is 1. The van der Waals surface area contributed by atoms with Crippen molar-refractivity contribution in [3.63, 3.8) is 0 Å². The third-order valence-corrected chi connectivity index (χ3v) is 6.99. The molecule has 0 spiro atoms. The number of benzene rings is 2. The number of hydrogen-bond donors (Lipinski definition) is 1. The van der Waals surface area contributed by atoms with E-state index in [1.165, 1.54) is 18.2 Å². The minimum atomic E-state index is -4.89. The summed E-state index contributed by atoms with van der Waals surface area (Å²) in [5, 5.41) is 0.496. The average molecular weight is 515 g/mol. The highest BCUT2D eigenvalue weighted by Gasteiger charge is 2.34. The number of ketones is 1. The van der Waals surface area contributed by atoms with Crippen LogP contribution in [0.25, 0.3) is 21.7 Å². The molecule has 1 aliphatic heterocycles. The highest BCUT2D eigenvalue weighted by Crippen LogP contribution is 2.35. The number of thiazole rings is 1. The summed E-state index contributed by atoms with van der Waals surface area (Å²) < 4.78 is 42.6. The lowest BCUT2D eigenvalue weighted by Gasteiger charge is -2.22. The maximum Gasteiger partial charge on any atom is 0.573 e. The SMILES string of the molecule is O=C(CCc1ccccc1)[C@H]1CCCN1c1nc2c(=O)[nH]c(-c3ccccc3OC(F)(F)F)nc2s1. The molecule has 3 heterocycles. The quantitative estimate of drug-likeness (QED) is 0.369. The Labute approximate surface area is 207 Å². The number of rotatable bonds is 7. The highest BCUT2D eigenvalue weighted by molar-refractivity contribution is 7.21. The number of alkyl halides is 3. The van der Waals surface area contributed by atoms with Crippen molar-refractivity contribution in [3.8, 4) is 17.1 Å². The number of ether oxygens (including phenoxy) is 1. The van der Waals surface area contributed by atoms with E-state index in [4.69, 9.17) is 0 Å². The Morgan fingerprint density at radius 2 is 1.86 bits per heavy atom. The van der Waals surface area contributed by atoms with Crippen LogP contribution in [-0.4, -0.2) is 39.7 Å². The van der Waals surface area contributed by atoms with Gasteiger partial charge < -0.3 is 14.6 Å². The van der Waals surface area contributed by atoms with E-state index in [9.17, 15) is 22.8 Å². The van der Waals surface area contributed by atoms with Crippen molar-refractivity contribution in [2.24, 2.45) is 0 Å². The zero-order valence-corrected chi connectivity index (χ0v) is 19.7. The van der Waals surface area contributed by atoms with Gasteiger partial charge in [0.05, 0.1) is 11.6 Å². The second-order valence-corrected chi connectivity index (χ2v) is 9.37. The van der Waals surface area contributed by atoms with Crippen LogP contribution in [0.5, 0.6) is 5.75 Å². The molecule has 0 unspecified atom stereocenters. The van der Waals surface area contributed by atoms with Crippen LogP contribution in [0.4, 0.5) is 18.3 Å². The second-order valence-electron chi connectivity index (χ2n) is 8.41. The van der Waals surface area contributed by atoms with Gasteiger partial charge in [-0.3, -0.25) is 9.59 Å². The van der Waals surface area contributed by atoms with Crippen molar-refractivity contribution in [3.05, 3.63) is 70.5 Å². The summed E-state index contributed by atoms with van der Waals surface area (Å²) in [4.78, 5) is 39.3. The number of para-hydroxylation sites is 1. The third kappa shape index (κ3) is 5.11. The molecule has 1 fully saturated rings. The monoisotopic (exact) mass is 514 g/mol. The normalized spacial score (nSPS) is 16.0. The molecule has 36 heavy (non-hydrogen) atoms. The van der Waals surface area contributed by atoms with Crippen molar-refractivity contribution >= 4 is 32.6 Å². The van der Waals surface area contributed by atoms with E-state index in [0.29, 0.717) is 30.9 Å². The first-order chi connectivity index (χ1) is 17.3. The van der Waals surface area contributed by atoms with Crippen molar-refractivity contribution in [1.29, 1.82) is 0 Å². The number of hydrogen-bond acceptors (Lipinski definition) is 7. The van der Waals surface area contributed by atoms with Crippen LogP contribution in [0.3, 0.4) is 0 Å². The number of halogens is 3. The van der Waals surface area contributed by atoms with Crippen LogP contribution < -0.4 is 15.2 Å². The molecule has 0 saturated carbocycles. The molecule has 11 heteroatoms. The van der Waals surface area contributed by atoms with Gasteiger partial charge in [-0.25, -0.2) is 9.97 Å². The van der Waals surface area contributed by atoms with Crippen LogP contribution in [0.2, 0.25) is 0 Å². The third-order valence-electron chi connectivity index (χ3n) is 6.00. The van der Waals surface area contributed by atoms with Gasteiger partial charge in [0.25, 0.3) is 5.56 Å². The Kier molecular flexibility index (Phi) is 6.48. The summed E-state index contributed by atoms with van der Waals surface area (Å²) >= 11 is 1.14. The molecular formula is C25H21F3N4O3S. The maximum atomic E-state index is 13.0. The molecule has 1 atom stereocenters. The van der Waals surface area contributed by atoms with Gasteiger partial charge in [0.15, 0.2) is 21.3 Å². The van der Waals surface area contributed by atoms with Gasteiger partial charge in [0.1, 0.15) is 11.6 Å². The van der Waals surface area contributed by atoms with Gasteiger partial charge in [-0.1, -0.05) is 53.8 Å². The van der Waals surface area contributed by atoms with E-state index in [-0.39, 0.29) is 33.6 Å². The number of Topliss-reactive ketones (excluding diaryl/α,β-unsaturated/α-hetero) is 1. The predicted molar refractivity (Wildman–Crippen MR) is 130 cm³/mol. The number of fused-ring (bicyclic) bond motifs is 1. The van der Waals surface area contributed by atoms with Gasteiger partial charge in [0.2, 0.25) is 0 Å². The lowest BCUT2D eigenvalue weighted by molar-refractivity contribution is -0.274. The summed E-state index contributed by atoms with van der Waals surface area (Å²) in [6, 6.07) is 14.9. The summed E-state index contributed by atoms with van der Waals surface area (Å²) in [6.07, 6.45) is -2.34. The average Bonchev–Trinajstić information content (AvgIpc) is 3.50. The standard InChI is InChI=1S/C25H21F3N4O3S/c26-25(27,28)35-19-11-5-4-9-16(19)21-30-22(34)20-23(31-21)36-24(29-20)32-14-6-10-17(32)18(33)13-12-15-7-2-1-3-8-15/h1-5,7-9,11,17H,6,10,12-14H2,(H,30,31,34)/t17-/m1/s1. The molecule has 0 aliphatic carbocycles. The largest absolute Gasteiger partial charge is 0.573 e. The zero-order valence-electron chi connectivity index (χ0n) is 18.9. The van der Waals surface area contributed by atoms with Gasteiger partial charge in [-0.2, -0.15) is 0 Å². The van der Waals surface area contributed by atoms with Gasteiger partial charge in [0, 0.05) is 13.0 Å².